The molecule has 1 amide bonds. The topological polar surface area (TPSA) is 79.2 Å². The highest BCUT2D eigenvalue weighted by atomic mass is 16.7. The van der Waals surface area contributed by atoms with Gasteiger partial charge in [-0.3, -0.25) is 4.84 Å². The molecular formula is C29H51NO5. The van der Waals surface area contributed by atoms with E-state index in [4.69, 9.17) is 9.57 Å². The van der Waals surface area contributed by atoms with Crippen LogP contribution in [0.15, 0.2) is 0 Å². The third-order valence-electron chi connectivity index (χ3n) is 11.7. The minimum absolute atomic E-state index is 0.189. The van der Waals surface area contributed by atoms with Gasteiger partial charge in [0.15, 0.2) is 0 Å². The van der Waals surface area contributed by atoms with Gasteiger partial charge in [-0.1, -0.05) is 34.1 Å². The molecule has 0 bridgehead atoms. The first kappa shape index (κ1) is 27.2. The Morgan fingerprint density at radius 1 is 1.06 bits per heavy atom. The number of hydrogen-bond acceptors (Lipinski definition) is 5. The standard InChI is InChI=1S/C29H51NO5/c1-7-20-24-17-19(31)12-14-29(24,4)23-13-15-28(3)21(10-11-22(28)25(23)26(20)32)18(2)9-8-16-35-27(33)30(5)34-6/h18-26,31-32H,7-17H2,1-6H3/t18-,19-,20-,21-,22+,23+,24?,25?,26-,28?,29-/m1/s1. The van der Waals surface area contributed by atoms with Crippen LogP contribution in [0.25, 0.3) is 0 Å². The molecule has 4 saturated carbocycles. The normalized spacial score (nSPS) is 45.7. The van der Waals surface area contributed by atoms with Crippen LogP contribution < -0.4 is 0 Å². The number of amides is 1. The summed E-state index contributed by atoms with van der Waals surface area (Å²) in [4.78, 5) is 16.7. The summed E-state index contributed by atoms with van der Waals surface area (Å²) in [5.41, 5.74) is 0.540. The van der Waals surface area contributed by atoms with E-state index in [0.717, 1.165) is 43.6 Å². The first-order valence-corrected chi connectivity index (χ1v) is 14.4. The van der Waals surface area contributed by atoms with E-state index >= 15 is 0 Å². The molecule has 4 fully saturated rings. The molecule has 0 aliphatic heterocycles. The second-order valence-corrected chi connectivity index (χ2v) is 13.0. The van der Waals surface area contributed by atoms with Crippen LogP contribution in [-0.4, -0.2) is 54.3 Å². The van der Waals surface area contributed by atoms with Crippen molar-refractivity contribution in [2.45, 2.75) is 104 Å². The number of hydrogen-bond donors (Lipinski definition) is 2. The number of fused-ring (bicyclic) bond motifs is 5. The van der Waals surface area contributed by atoms with E-state index in [1.165, 1.54) is 32.8 Å². The van der Waals surface area contributed by atoms with Gasteiger partial charge < -0.3 is 14.9 Å². The summed E-state index contributed by atoms with van der Waals surface area (Å²) in [5.74, 6) is 3.59. The van der Waals surface area contributed by atoms with Crippen molar-refractivity contribution in [2.75, 3.05) is 20.8 Å². The van der Waals surface area contributed by atoms with Gasteiger partial charge in [-0.15, -0.1) is 0 Å². The number of hydroxylamine groups is 2. The van der Waals surface area contributed by atoms with Crippen LogP contribution in [0, 0.1) is 52.3 Å². The van der Waals surface area contributed by atoms with E-state index in [2.05, 4.69) is 27.7 Å². The average molecular weight is 494 g/mol. The molecule has 202 valence electrons. The van der Waals surface area contributed by atoms with E-state index in [1.807, 2.05) is 0 Å². The van der Waals surface area contributed by atoms with Crippen molar-refractivity contribution in [1.29, 1.82) is 0 Å². The SMILES string of the molecule is CC[C@@H]1C2C[C@H](O)CC[C@]2(C)[C@H]2CCC3(C)[C@@H]([C@H](C)CCCOC(=O)N(C)OC)CC[C@H]3C2[C@@H]1O. The number of nitrogens with zero attached hydrogens (tertiary/aromatic N) is 1. The molecular weight excluding hydrogens is 442 g/mol. The zero-order valence-electron chi connectivity index (χ0n) is 23.0. The van der Waals surface area contributed by atoms with Gasteiger partial charge in [0.25, 0.3) is 0 Å². The maximum absolute atomic E-state index is 11.8. The maximum atomic E-state index is 11.8. The van der Waals surface area contributed by atoms with E-state index < -0.39 is 6.09 Å². The van der Waals surface area contributed by atoms with E-state index in [9.17, 15) is 15.0 Å². The summed E-state index contributed by atoms with van der Waals surface area (Å²) in [6.07, 6.45) is 9.96. The van der Waals surface area contributed by atoms with Crippen LogP contribution in [0.3, 0.4) is 0 Å². The molecule has 3 unspecified atom stereocenters. The van der Waals surface area contributed by atoms with E-state index in [1.54, 1.807) is 7.05 Å². The lowest BCUT2D eigenvalue weighted by molar-refractivity contribution is -0.203. The Morgan fingerprint density at radius 2 is 1.74 bits per heavy atom. The van der Waals surface area contributed by atoms with E-state index in [0.29, 0.717) is 48.0 Å². The summed E-state index contributed by atoms with van der Waals surface area (Å²) in [5, 5.41) is 23.4. The van der Waals surface area contributed by atoms with Gasteiger partial charge >= 0.3 is 6.09 Å². The highest BCUT2D eigenvalue weighted by Gasteiger charge is 2.64. The molecule has 0 heterocycles. The minimum atomic E-state index is -0.440. The Bertz CT molecular complexity index is 747. The highest BCUT2D eigenvalue weighted by molar-refractivity contribution is 5.65. The zero-order chi connectivity index (χ0) is 25.5. The van der Waals surface area contributed by atoms with Crippen molar-refractivity contribution in [1.82, 2.24) is 5.06 Å². The fraction of sp³-hybridized carbons (Fsp3) is 0.966. The van der Waals surface area contributed by atoms with Crippen molar-refractivity contribution >= 4 is 6.09 Å². The first-order valence-electron chi connectivity index (χ1n) is 14.4. The van der Waals surface area contributed by atoms with Gasteiger partial charge in [-0.2, -0.15) is 5.06 Å². The van der Waals surface area contributed by atoms with Gasteiger partial charge in [0.1, 0.15) is 0 Å². The van der Waals surface area contributed by atoms with Gasteiger partial charge in [0.05, 0.1) is 25.9 Å². The second kappa shape index (κ2) is 10.5. The molecule has 0 saturated heterocycles. The first-order chi connectivity index (χ1) is 16.6. The molecule has 6 nitrogen and oxygen atoms in total. The van der Waals surface area contributed by atoms with E-state index in [-0.39, 0.29) is 23.0 Å². The molecule has 0 aromatic heterocycles. The van der Waals surface area contributed by atoms with Crippen LogP contribution in [0.1, 0.15) is 91.9 Å². The van der Waals surface area contributed by atoms with Crippen LogP contribution in [0.5, 0.6) is 0 Å². The van der Waals surface area contributed by atoms with Crippen molar-refractivity contribution in [3.8, 4) is 0 Å². The molecule has 6 heteroatoms. The van der Waals surface area contributed by atoms with Gasteiger partial charge in [0.2, 0.25) is 0 Å². The fourth-order valence-electron chi connectivity index (χ4n) is 9.86. The predicted molar refractivity (Wildman–Crippen MR) is 136 cm³/mol. The smallest absolute Gasteiger partial charge is 0.433 e. The fourth-order valence-corrected chi connectivity index (χ4v) is 9.86. The minimum Gasteiger partial charge on any atom is -0.448 e. The van der Waals surface area contributed by atoms with Crippen LogP contribution in [0.2, 0.25) is 0 Å². The molecule has 4 aliphatic rings. The maximum Gasteiger partial charge on any atom is 0.433 e. The van der Waals surface area contributed by atoms with Crippen molar-refractivity contribution in [3.63, 3.8) is 0 Å². The van der Waals surface area contributed by atoms with Crippen LogP contribution in [0.4, 0.5) is 4.79 Å². The Morgan fingerprint density at radius 3 is 2.43 bits per heavy atom. The molecule has 0 aromatic rings. The summed E-state index contributed by atoms with van der Waals surface area (Å²) in [7, 11) is 3.01. The van der Waals surface area contributed by atoms with Crippen LogP contribution in [-0.2, 0) is 9.57 Å². The van der Waals surface area contributed by atoms with Gasteiger partial charge in [-0.05, 0) is 110 Å². The monoisotopic (exact) mass is 493 g/mol. The molecule has 4 aliphatic carbocycles. The molecule has 35 heavy (non-hydrogen) atoms. The Balaban J connectivity index is 1.44. The predicted octanol–water partition coefficient (Wildman–Crippen LogP) is 5.66. The number of carbonyl (C=O) groups excluding carboxylic acids is 1. The highest BCUT2D eigenvalue weighted by Crippen LogP contribution is 2.69. The van der Waals surface area contributed by atoms with Gasteiger partial charge in [-0.25, -0.2) is 4.79 Å². The van der Waals surface area contributed by atoms with Crippen molar-refractivity contribution in [3.05, 3.63) is 0 Å². The lowest BCUT2D eigenvalue weighted by Gasteiger charge is -2.64. The third kappa shape index (κ3) is 4.65. The summed E-state index contributed by atoms with van der Waals surface area (Å²) >= 11 is 0. The average Bonchev–Trinajstić information content (AvgIpc) is 3.19. The van der Waals surface area contributed by atoms with Gasteiger partial charge in [0, 0.05) is 7.05 Å². The molecule has 0 spiro atoms. The number of aliphatic hydroxyl groups excluding tert-OH is 2. The second-order valence-electron chi connectivity index (χ2n) is 13.0. The van der Waals surface area contributed by atoms with Crippen molar-refractivity contribution < 1.29 is 24.6 Å². The van der Waals surface area contributed by atoms with Crippen molar-refractivity contribution in [2.24, 2.45) is 52.3 Å². The lowest BCUT2D eigenvalue weighted by Crippen LogP contribution is -2.62. The molecule has 2 N–H and O–H groups in total. The number of aliphatic hydroxyl groups is 2. The summed E-state index contributed by atoms with van der Waals surface area (Å²) in [6.45, 7) is 10.1. The Labute approximate surface area is 213 Å². The number of ether oxygens (including phenoxy) is 1. The largest absolute Gasteiger partial charge is 0.448 e. The summed E-state index contributed by atoms with van der Waals surface area (Å²) < 4.78 is 5.33. The summed E-state index contributed by atoms with van der Waals surface area (Å²) in [6, 6.07) is 0. The molecule has 4 rings (SSSR count). The Hall–Kier alpha value is -0.850. The number of rotatable bonds is 7. The zero-order valence-corrected chi connectivity index (χ0v) is 23.0. The third-order valence-corrected chi connectivity index (χ3v) is 11.7. The molecule has 0 aromatic carbocycles. The number of carbonyl (C=O) groups is 1. The quantitative estimate of drug-likeness (QED) is 0.353. The lowest BCUT2D eigenvalue weighted by atomic mass is 9.41. The van der Waals surface area contributed by atoms with Crippen LogP contribution >= 0.6 is 0 Å². The molecule has 11 atom stereocenters. The molecule has 0 radical (unpaired) electrons. The Kier molecular flexibility index (Phi) is 8.15.